The molecule has 102 valence electrons. The number of aromatic nitrogens is 2. The van der Waals surface area contributed by atoms with E-state index in [1.165, 1.54) is 6.33 Å². The van der Waals surface area contributed by atoms with Crippen molar-refractivity contribution in [1.29, 1.82) is 0 Å². The van der Waals surface area contributed by atoms with E-state index in [0.29, 0.717) is 30.4 Å². The number of hydrogen-bond acceptors (Lipinski definition) is 4. The van der Waals surface area contributed by atoms with Gasteiger partial charge in [-0.15, -0.1) is 0 Å². The molecule has 18 heavy (non-hydrogen) atoms. The number of anilines is 1. The van der Waals surface area contributed by atoms with Gasteiger partial charge in [-0.25, -0.2) is 9.97 Å². The molecule has 0 aliphatic rings. The minimum Gasteiger partial charge on any atom is -0.388 e. The fourth-order valence-electron chi connectivity index (χ4n) is 1.77. The van der Waals surface area contributed by atoms with Gasteiger partial charge in [0.15, 0.2) is 0 Å². The van der Waals surface area contributed by atoms with E-state index >= 15 is 0 Å². The smallest absolute Gasteiger partial charge is 0.138 e. The van der Waals surface area contributed by atoms with Gasteiger partial charge in [-0.2, -0.15) is 0 Å². The maximum atomic E-state index is 10.2. The molecule has 1 aromatic rings. The highest BCUT2D eigenvalue weighted by Gasteiger charge is 2.23. The minimum atomic E-state index is -0.703. The molecule has 0 aromatic carbocycles. The van der Waals surface area contributed by atoms with E-state index < -0.39 is 5.60 Å². The molecule has 0 atom stereocenters. The maximum Gasteiger partial charge on any atom is 0.138 e. The normalized spacial score (nSPS) is 11.9. The van der Waals surface area contributed by atoms with E-state index in [1.807, 2.05) is 27.7 Å². The van der Waals surface area contributed by atoms with E-state index in [4.69, 9.17) is 11.6 Å². The average Bonchev–Trinajstić information content (AvgIpc) is 2.35. The summed E-state index contributed by atoms with van der Waals surface area (Å²) in [7, 11) is 0. The molecule has 0 saturated carbocycles. The summed E-state index contributed by atoms with van der Waals surface area (Å²) in [4.78, 5) is 8.21. The molecular formula is C13H22ClN3O. The van der Waals surface area contributed by atoms with Crippen molar-refractivity contribution in [1.82, 2.24) is 9.97 Å². The van der Waals surface area contributed by atoms with Crippen LogP contribution in [0.25, 0.3) is 0 Å². The molecule has 4 nitrogen and oxygen atoms in total. The van der Waals surface area contributed by atoms with Gasteiger partial charge in [0.05, 0.1) is 5.60 Å². The highest BCUT2D eigenvalue weighted by atomic mass is 35.5. The Morgan fingerprint density at radius 3 is 2.44 bits per heavy atom. The van der Waals surface area contributed by atoms with Crippen molar-refractivity contribution in [2.75, 3.05) is 11.9 Å². The van der Waals surface area contributed by atoms with Crippen molar-refractivity contribution < 1.29 is 5.11 Å². The number of nitrogens with one attached hydrogen (secondary N) is 1. The Morgan fingerprint density at radius 1 is 1.33 bits per heavy atom. The molecule has 0 amide bonds. The van der Waals surface area contributed by atoms with Gasteiger partial charge in [0.25, 0.3) is 0 Å². The Morgan fingerprint density at radius 2 is 1.94 bits per heavy atom. The minimum absolute atomic E-state index is 0.234. The molecule has 1 rings (SSSR count). The molecule has 5 heteroatoms. The third-order valence-electron chi connectivity index (χ3n) is 3.31. The summed E-state index contributed by atoms with van der Waals surface area (Å²) in [6.07, 6.45) is 2.84. The Kier molecular flexibility index (Phi) is 5.35. The maximum absolute atomic E-state index is 10.2. The van der Waals surface area contributed by atoms with Crippen molar-refractivity contribution >= 4 is 17.4 Å². The first-order chi connectivity index (χ1) is 8.43. The van der Waals surface area contributed by atoms with Crippen LogP contribution in [0.3, 0.4) is 0 Å². The first-order valence-corrected chi connectivity index (χ1v) is 6.78. The van der Waals surface area contributed by atoms with E-state index in [0.717, 1.165) is 5.56 Å². The monoisotopic (exact) mass is 271 g/mol. The average molecular weight is 272 g/mol. The summed E-state index contributed by atoms with van der Waals surface area (Å²) in [5, 5.41) is 13.9. The Hall–Kier alpha value is -0.870. The van der Waals surface area contributed by atoms with Crippen molar-refractivity contribution in [3.8, 4) is 0 Å². The first kappa shape index (κ1) is 15.2. The summed E-state index contributed by atoms with van der Waals surface area (Å²) < 4.78 is 0. The Bertz CT molecular complexity index is 392. The van der Waals surface area contributed by atoms with Crippen LogP contribution >= 0.6 is 11.6 Å². The lowest BCUT2D eigenvalue weighted by Gasteiger charge is -2.26. The molecule has 0 aliphatic heterocycles. The third kappa shape index (κ3) is 3.56. The van der Waals surface area contributed by atoms with Crippen molar-refractivity contribution in [3.63, 3.8) is 0 Å². The zero-order valence-electron chi connectivity index (χ0n) is 11.5. The number of halogens is 1. The van der Waals surface area contributed by atoms with Crippen LogP contribution in [-0.4, -0.2) is 27.2 Å². The lowest BCUT2D eigenvalue weighted by atomic mass is 9.97. The number of aliphatic hydroxyl groups is 1. The standard InChI is InChI=1S/C13H22ClN3O/c1-5-13(18,6-2)7-15-12-10(9(3)4)11(14)16-8-17-12/h8-9,18H,5-7H2,1-4H3,(H,15,16,17). The van der Waals surface area contributed by atoms with Crippen LogP contribution in [0.4, 0.5) is 5.82 Å². The van der Waals surface area contributed by atoms with E-state index in [-0.39, 0.29) is 5.92 Å². The SMILES string of the molecule is CCC(O)(CC)CNc1ncnc(Cl)c1C(C)C. The molecule has 0 spiro atoms. The van der Waals surface area contributed by atoms with Crippen LogP contribution in [0, 0.1) is 0 Å². The van der Waals surface area contributed by atoms with Gasteiger partial charge < -0.3 is 10.4 Å². The summed E-state index contributed by atoms with van der Waals surface area (Å²) in [6.45, 7) is 8.50. The molecule has 1 heterocycles. The van der Waals surface area contributed by atoms with Gasteiger partial charge in [0, 0.05) is 12.1 Å². The lowest BCUT2D eigenvalue weighted by molar-refractivity contribution is 0.0456. The second-order valence-electron chi connectivity index (χ2n) is 4.87. The van der Waals surface area contributed by atoms with Crippen molar-refractivity contribution in [2.24, 2.45) is 0 Å². The highest BCUT2D eigenvalue weighted by Crippen LogP contribution is 2.28. The van der Waals surface area contributed by atoms with Gasteiger partial charge in [0.2, 0.25) is 0 Å². The molecular weight excluding hydrogens is 250 g/mol. The van der Waals surface area contributed by atoms with E-state index in [2.05, 4.69) is 15.3 Å². The summed E-state index contributed by atoms with van der Waals surface area (Å²) in [5.41, 5.74) is 0.194. The van der Waals surface area contributed by atoms with Gasteiger partial charge >= 0.3 is 0 Å². The molecule has 1 aromatic heterocycles. The molecule has 0 saturated heterocycles. The largest absolute Gasteiger partial charge is 0.388 e. The van der Waals surface area contributed by atoms with Crippen LogP contribution in [0.5, 0.6) is 0 Å². The highest BCUT2D eigenvalue weighted by molar-refractivity contribution is 6.30. The second-order valence-corrected chi connectivity index (χ2v) is 5.22. The van der Waals surface area contributed by atoms with Gasteiger partial charge in [-0.3, -0.25) is 0 Å². The third-order valence-corrected chi connectivity index (χ3v) is 3.61. The molecule has 2 N–H and O–H groups in total. The second kappa shape index (κ2) is 6.34. The van der Waals surface area contributed by atoms with Gasteiger partial charge in [0.1, 0.15) is 17.3 Å². The van der Waals surface area contributed by atoms with Crippen LogP contribution < -0.4 is 5.32 Å². The summed E-state index contributed by atoms with van der Waals surface area (Å²) in [5.74, 6) is 0.947. The lowest BCUT2D eigenvalue weighted by Crippen LogP contribution is -2.35. The van der Waals surface area contributed by atoms with E-state index in [1.54, 1.807) is 0 Å². The zero-order chi connectivity index (χ0) is 13.8. The molecule has 0 aliphatic carbocycles. The Labute approximate surface area is 114 Å². The zero-order valence-corrected chi connectivity index (χ0v) is 12.3. The Balaban J connectivity index is 2.88. The van der Waals surface area contributed by atoms with Crippen molar-refractivity contribution in [2.45, 2.75) is 52.1 Å². The number of hydrogen-bond donors (Lipinski definition) is 2. The quantitative estimate of drug-likeness (QED) is 0.780. The van der Waals surface area contributed by atoms with Crippen LogP contribution in [0.1, 0.15) is 52.0 Å². The predicted octanol–water partition coefficient (Wildman–Crippen LogP) is 3.22. The van der Waals surface area contributed by atoms with Gasteiger partial charge in [-0.1, -0.05) is 39.3 Å². The first-order valence-electron chi connectivity index (χ1n) is 6.40. The van der Waals surface area contributed by atoms with Crippen molar-refractivity contribution in [3.05, 3.63) is 17.0 Å². The van der Waals surface area contributed by atoms with Gasteiger partial charge in [-0.05, 0) is 18.8 Å². The van der Waals surface area contributed by atoms with Crippen LogP contribution in [-0.2, 0) is 0 Å². The fourth-order valence-corrected chi connectivity index (χ4v) is 2.13. The number of nitrogens with zero attached hydrogens (tertiary/aromatic N) is 2. The van der Waals surface area contributed by atoms with Crippen LogP contribution in [0.2, 0.25) is 5.15 Å². The summed E-state index contributed by atoms with van der Waals surface area (Å²) >= 11 is 6.09. The fraction of sp³-hybridized carbons (Fsp3) is 0.692. The molecule has 0 fully saturated rings. The molecule has 0 radical (unpaired) electrons. The summed E-state index contributed by atoms with van der Waals surface area (Å²) in [6, 6.07) is 0. The number of rotatable bonds is 6. The van der Waals surface area contributed by atoms with Crippen LogP contribution in [0.15, 0.2) is 6.33 Å². The molecule has 0 bridgehead atoms. The van der Waals surface area contributed by atoms with E-state index in [9.17, 15) is 5.11 Å². The molecule has 0 unspecified atom stereocenters. The predicted molar refractivity (Wildman–Crippen MR) is 75.2 cm³/mol. The topological polar surface area (TPSA) is 58.0 Å².